The Bertz CT molecular complexity index is 565. The Morgan fingerprint density at radius 1 is 0.739 bits per heavy atom. The average molecular weight is 322 g/mol. The van der Waals surface area contributed by atoms with Gasteiger partial charge in [0.25, 0.3) is 0 Å². The Morgan fingerprint density at radius 2 is 1.13 bits per heavy atom. The van der Waals surface area contributed by atoms with Crippen LogP contribution in [-0.4, -0.2) is 53.6 Å². The maximum absolute atomic E-state index is 5.60. The second-order valence-corrected chi connectivity index (χ2v) is 7.44. The summed E-state index contributed by atoms with van der Waals surface area (Å²) in [4.78, 5) is 3.24. The molecule has 0 amide bonds. The predicted molar refractivity (Wildman–Crippen MR) is 83.9 cm³/mol. The van der Waals surface area contributed by atoms with E-state index >= 15 is 0 Å². The molecule has 0 saturated heterocycles. The summed E-state index contributed by atoms with van der Waals surface area (Å²) in [5.41, 5.74) is -0.312. The molecule has 2 aromatic heterocycles. The van der Waals surface area contributed by atoms with Crippen LogP contribution in [0.25, 0.3) is 0 Å². The van der Waals surface area contributed by atoms with Crippen molar-refractivity contribution in [3.05, 3.63) is 11.6 Å². The van der Waals surface area contributed by atoms with Crippen molar-refractivity contribution < 1.29 is 4.74 Å². The fourth-order valence-corrected chi connectivity index (χ4v) is 1.68. The van der Waals surface area contributed by atoms with Crippen molar-refractivity contribution in [2.45, 2.75) is 65.5 Å². The largest absolute Gasteiger partial charge is 0.381 e. The zero-order valence-corrected chi connectivity index (χ0v) is 14.8. The van der Waals surface area contributed by atoms with E-state index in [0.29, 0.717) is 37.7 Å². The summed E-state index contributed by atoms with van der Waals surface area (Å²) in [6.45, 7) is 13.3. The van der Waals surface area contributed by atoms with Crippen LogP contribution in [0.1, 0.15) is 53.2 Å². The molecule has 0 aliphatic heterocycles. The molecule has 9 heteroatoms. The van der Waals surface area contributed by atoms with Crippen molar-refractivity contribution >= 4 is 0 Å². The number of ether oxygens (including phenoxy) is 1. The SMILES string of the molecule is CC(C)(C)n1nnc(CCOCCc2nnn(C(C)(C)C)n2)n1. The van der Waals surface area contributed by atoms with Gasteiger partial charge in [0.15, 0.2) is 11.6 Å². The second-order valence-electron chi connectivity index (χ2n) is 7.44. The Balaban J connectivity index is 1.70. The van der Waals surface area contributed by atoms with Crippen LogP contribution in [0, 0.1) is 0 Å². The summed E-state index contributed by atoms with van der Waals surface area (Å²) in [6, 6.07) is 0. The number of rotatable bonds is 6. The van der Waals surface area contributed by atoms with Crippen LogP contribution in [0.4, 0.5) is 0 Å². The highest BCUT2D eigenvalue weighted by atomic mass is 16.5. The van der Waals surface area contributed by atoms with Gasteiger partial charge in [-0.2, -0.15) is 9.59 Å². The highest BCUT2D eigenvalue weighted by Gasteiger charge is 2.17. The molecule has 0 aliphatic carbocycles. The number of hydrogen-bond acceptors (Lipinski definition) is 7. The number of aromatic nitrogens is 8. The van der Waals surface area contributed by atoms with Crippen molar-refractivity contribution in [3.8, 4) is 0 Å². The van der Waals surface area contributed by atoms with Gasteiger partial charge >= 0.3 is 0 Å². The minimum atomic E-state index is -0.156. The second kappa shape index (κ2) is 6.69. The molecule has 0 aromatic carbocycles. The molecule has 0 spiro atoms. The first-order valence-corrected chi connectivity index (χ1v) is 7.83. The normalized spacial score (nSPS) is 12.8. The first kappa shape index (κ1) is 17.5. The minimum absolute atomic E-state index is 0.156. The van der Waals surface area contributed by atoms with E-state index in [9.17, 15) is 0 Å². The molecule has 0 atom stereocenters. The Kier molecular flexibility index (Phi) is 5.08. The molecule has 2 rings (SSSR count). The van der Waals surface area contributed by atoms with E-state index in [1.54, 1.807) is 9.59 Å². The lowest BCUT2D eigenvalue weighted by molar-refractivity contribution is 0.137. The van der Waals surface area contributed by atoms with Gasteiger partial charge in [0.05, 0.1) is 24.3 Å². The lowest BCUT2D eigenvalue weighted by Crippen LogP contribution is -2.24. The third-order valence-electron chi connectivity index (χ3n) is 3.05. The molecule has 0 aliphatic rings. The summed E-state index contributed by atoms with van der Waals surface area (Å²) in [5.74, 6) is 1.38. The first-order chi connectivity index (χ1) is 10.7. The van der Waals surface area contributed by atoms with Gasteiger partial charge in [-0.15, -0.1) is 20.4 Å². The molecule has 0 saturated carbocycles. The Labute approximate surface area is 136 Å². The lowest BCUT2D eigenvalue weighted by atomic mass is 10.1. The quantitative estimate of drug-likeness (QED) is 0.731. The van der Waals surface area contributed by atoms with Crippen molar-refractivity contribution in [2.24, 2.45) is 0 Å². The zero-order chi connectivity index (χ0) is 17.1. The van der Waals surface area contributed by atoms with Crippen LogP contribution in [0.2, 0.25) is 0 Å². The van der Waals surface area contributed by atoms with Crippen LogP contribution < -0.4 is 0 Å². The van der Waals surface area contributed by atoms with Gasteiger partial charge in [-0.1, -0.05) is 0 Å². The fourth-order valence-electron chi connectivity index (χ4n) is 1.68. The molecule has 128 valence electrons. The monoisotopic (exact) mass is 322 g/mol. The van der Waals surface area contributed by atoms with E-state index < -0.39 is 0 Å². The first-order valence-electron chi connectivity index (χ1n) is 7.83. The molecule has 23 heavy (non-hydrogen) atoms. The molecule has 2 heterocycles. The molecule has 0 bridgehead atoms. The van der Waals surface area contributed by atoms with E-state index in [1.807, 2.05) is 41.5 Å². The van der Waals surface area contributed by atoms with Crippen molar-refractivity contribution in [1.29, 1.82) is 0 Å². The van der Waals surface area contributed by atoms with Gasteiger partial charge in [-0.05, 0) is 52.0 Å². The maximum atomic E-state index is 5.60. The van der Waals surface area contributed by atoms with Crippen LogP contribution in [0.15, 0.2) is 0 Å². The van der Waals surface area contributed by atoms with Gasteiger partial charge in [0, 0.05) is 12.8 Å². The van der Waals surface area contributed by atoms with Gasteiger partial charge in [-0.25, -0.2) is 0 Å². The van der Waals surface area contributed by atoms with Crippen molar-refractivity contribution in [1.82, 2.24) is 40.4 Å². The summed E-state index contributed by atoms with van der Waals surface area (Å²) in [7, 11) is 0. The summed E-state index contributed by atoms with van der Waals surface area (Å²) >= 11 is 0. The average Bonchev–Trinajstić information content (AvgIpc) is 3.05. The Morgan fingerprint density at radius 3 is 1.43 bits per heavy atom. The highest BCUT2D eigenvalue weighted by Crippen LogP contribution is 2.10. The molecule has 0 unspecified atom stereocenters. The maximum Gasteiger partial charge on any atom is 0.177 e. The van der Waals surface area contributed by atoms with Crippen molar-refractivity contribution in [2.75, 3.05) is 13.2 Å². The number of tetrazole rings is 2. The van der Waals surface area contributed by atoms with Gasteiger partial charge in [0.2, 0.25) is 0 Å². The smallest absolute Gasteiger partial charge is 0.177 e. The van der Waals surface area contributed by atoms with E-state index in [1.165, 1.54) is 0 Å². The minimum Gasteiger partial charge on any atom is -0.381 e. The molecule has 0 fully saturated rings. The predicted octanol–water partition coefficient (Wildman–Crippen LogP) is 0.971. The van der Waals surface area contributed by atoms with E-state index in [0.717, 1.165) is 0 Å². The highest BCUT2D eigenvalue weighted by molar-refractivity contribution is 4.81. The van der Waals surface area contributed by atoms with Gasteiger partial charge in [0.1, 0.15) is 0 Å². The van der Waals surface area contributed by atoms with Crippen LogP contribution in [0.5, 0.6) is 0 Å². The Hall–Kier alpha value is -1.90. The molecular weight excluding hydrogens is 296 g/mol. The number of hydrogen-bond donors (Lipinski definition) is 0. The number of nitrogens with zero attached hydrogens (tertiary/aromatic N) is 8. The van der Waals surface area contributed by atoms with Crippen LogP contribution in [0.3, 0.4) is 0 Å². The van der Waals surface area contributed by atoms with E-state index in [2.05, 4.69) is 30.8 Å². The summed E-state index contributed by atoms with van der Waals surface area (Å²) in [6.07, 6.45) is 1.27. The van der Waals surface area contributed by atoms with E-state index in [4.69, 9.17) is 4.74 Å². The third-order valence-corrected chi connectivity index (χ3v) is 3.05. The molecular formula is C14H26N8O. The zero-order valence-electron chi connectivity index (χ0n) is 14.8. The molecule has 0 N–H and O–H groups in total. The van der Waals surface area contributed by atoms with E-state index in [-0.39, 0.29) is 11.1 Å². The summed E-state index contributed by atoms with van der Waals surface area (Å²) in [5, 5.41) is 24.9. The van der Waals surface area contributed by atoms with Crippen LogP contribution in [-0.2, 0) is 28.7 Å². The van der Waals surface area contributed by atoms with Crippen LogP contribution >= 0.6 is 0 Å². The molecule has 2 aromatic rings. The van der Waals surface area contributed by atoms with Crippen molar-refractivity contribution in [3.63, 3.8) is 0 Å². The van der Waals surface area contributed by atoms with Gasteiger partial charge < -0.3 is 4.74 Å². The standard InChI is InChI=1S/C14H26N8O/c1-13(2,3)21-17-11(15-19-21)7-9-23-10-8-12-16-20-22(18-12)14(4,5)6/h7-10H2,1-6H3. The molecule has 0 radical (unpaired) electrons. The fraction of sp³-hybridized carbons (Fsp3) is 0.857. The van der Waals surface area contributed by atoms with Gasteiger partial charge in [-0.3, -0.25) is 0 Å². The topological polar surface area (TPSA) is 96.4 Å². The lowest BCUT2D eigenvalue weighted by Gasteiger charge is -2.15. The molecule has 9 nitrogen and oxygen atoms in total. The third kappa shape index (κ3) is 5.05. The summed E-state index contributed by atoms with van der Waals surface area (Å²) < 4.78 is 5.60.